The van der Waals surface area contributed by atoms with E-state index in [-0.39, 0.29) is 16.8 Å². The smallest absolute Gasteiger partial charge is 0.267 e. The molecule has 3 rings (SSSR count). The lowest BCUT2D eigenvalue weighted by Crippen LogP contribution is -2.28. The second kappa shape index (κ2) is 5.65. The van der Waals surface area contributed by atoms with Gasteiger partial charge in [-0.15, -0.1) is 0 Å². The Morgan fingerprint density at radius 3 is 2.52 bits per heavy atom. The monoisotopic (exact) mass is 330 g/mol. The topological polar surface area (TPSA) is 68.2 Å². The first-order valence-electron chi connectivity index (χ1n) is 7.40. The van der Waals surface area contributed by atoms with E-state index in [1.165, 1.54) is 12.3 Å². The quantitative estimate of drug-likeness (QED) is 0.844. The largest absolute Gasteiger partial charge is 0.350 e. The molecule has 0 saturated heterocycles. The van der Waals surface area contributed by atoms with E-state index in [1.54, 1.807) is 4.57 Å². The van der Waals surface area contributed by atoms with Crippen LogP contribution in [0.4, 0.5) is 0 Å². The van der Waals surface area contributed by atoms with Gasteiger partial charge in [0.1, 0.15) is 10.6 Å². The number of halogens is 1. The van der Waals surface area contributed by atoms with Gasteiger partial charge in [0.25, 0.3) is 15.0 Å². The van der Waals surface area contributed by atoms with E-state index in [1.807, 2.05) is 0 Å². The van der Waals surface area contributed by atoms with Gasteiger partial charge in [-0.25, -0.2) is 8.42 Å². The van der Waals surface area contributed by atoms with Gasteiger partial charge in [-0.05, 0) is 37.7 Å². The van der Waals surface area contributed by atoms with Crippen molar-refractivity contribution in [3.63, 3.8) is 0 Å². The van der Waals surface area contributed by atoms with Crippen molar-refractivity contribution in [2.24, 2.45) is 5.92 Å². The van der Waals surface area contributed by atoms with Gasteiger partial charge in [0.2, 0.25) is 0 Å². The summed E-state index contributed by atoms with van der Waals surface area (Å²) >= 11 is 0. The maximum Gasteiger partial charge on any atom is 0.267 e. The van der Waals surface area contributed by atoms with Crippen LogP contribution in [0.1, 0.15) is 55.1 Å². The zero-order valence-corrected chi connectivity index (χ0v) is 13.3. The molecule has 1 aromatic heterocycles. The van der Waals surface area contributed by atoms with E-state index in [0.29, 0.717) is 18.2 Å². The number of carbonyl (C=O) groups is 1. The summed E-state index contributed by atoms with van der Waals surface area (Å²) in [5.74, 6) is 0.375. The lowest BCUT2D eigenvalue weighted by Gasteiger charge is -2.15. The van der Waals surface area contributed by atoms with Crippen LogP contribution in [0.2, 0.25) is 0 Å². The first-order valence-corrected chi connectivity index (χ1v) is 9.71. The Morgan fingerprint density at radius 2 is 1.95 bits per heavy atom. The molecule has 2 saturated carbocycles. The summed E-state index contributed by atoms with van der Waals surface area (Å²) < 4.78 is 24.9. The van der Waals surface area contributed by atoms with Gasteiger partial charge >= 0.3 is 0 Å². The van der Waals surface area contributed by atoms with Gasteiger partial charge in [0.15, 0.2) is 0 Å². The summed E-state index contributed by atoms with van der Waals surface area (Å²) in [7, 11) is 1.60. The molecule has 0 atom stereocenters. The summed E-state index contributed by atoms with van der Waals surface area (Å²) in [6.07, 6.45) is 7.98. The average molecular weight is 331 g/mol. The minimum atomic E-state index is -3.82. The maximum atomic E-state index is 12.3. The van der Waals surface area contributed by atoms with Gasteiger partial charge in [-0.1, -0.05) is 12.8 Å². The molecular weight excluding hydrogens is 312 g/mol. The van der Waals surface area contributed by atoms with E-state index < -0.39 is 9.05 Å². The molecule has 1 aromatic rings. The van der Waals surface area contributed by atoms with E-state index in [2.05, 4.69) is 5.32 Å². The van der Waals surface area contributed by atoms with Crippen LogP contribution in [-0.4, -0.2) is 25.4 Å². The molecule has 0 spiro atoms. The lowest BCUT2D eigenvalue weighted by atomic mass is 10.2. The fraction of sp³-hybridized carbons (Fsp3) is 0.643. The third kappa shape index (κ3) is 3.43. The highest BCUT2D eigenvalue weighted by atomic mass is 35.7. The molecule has 116 valence electrons. The Labute approximate surface area is 129 Å². The van der Waals surface area contributed by atoms with Crippen molar-refractivity contribution >= 4 is 25.6 Å². The van der Waals surface area contributed by atoms with E-state index in [9.17, 15) is 13.2 Å². The van der Waals surface area contributed by atoms with Crippen LogP contribution in [0.15, 0.2) is 17.2 Å². The van der Waals surface area contributed by atoms with Crippen molar-refractivity contribution in [2.45, 2.75) is 49.5 Å². The number of rotatable bonds is 5. The number of nitrogens with one attached hydrogen (secondary N) is 1. The van der Waals surface area contributed by atoms with E-state index in [4.69, 9.17) is 10.7 Å². The molecule has 2 aliphatic rings. The molecule has 1 heterocycles. The van der Waals surface area contributed by atoms with Gasteiger partial charge in [-0.3, -0.25) is 4.79 Å². The van der Waals surface area contributed by atoms with Crippen LogP contribution in [0, 0.1) is 5.92 Å². The zero-order valence-electron chi connectivity index (χ0n) is 11.7. The minimum absolute atomic E-state index is 0.00707. The average Bonchev–Trinajstić information content (AvgIpc) is 2.92. The molecule has 0 bridgehead atoms. The summed E-state index contributed by atoms with van der Waals surface area (Å²) in [5.41, 5.74) is 0.404. The molecule has 21 heavy (non-hydrogen) atoms. The van der Waals surface area contributed by atoms with Crippen LogP contribution < -0.4 is 5.32 Å². The Kier molecular flexibility index (Phi) is 4.01. The second-order valence-corrected chi connectivity index (χ2v) is 8.56. The number of aromatic nitrogens is 1. The fourth-order valence-electron chi connectivity index (χ4n) is 2.90. The van der Waals surface area contributed by atoms with Gasteiger partial charge in [0.05, 0.1) is 0 Å². The Balaban J connectivity index is 1.87. The van der Waals surface area contributed by atoms with Gasteiger partial charge in [-0.2, -0.15) is 0 Å². The SMILES string of the molecule is O=C(NCC1CC1)c1cc(S(=O)(=O)Cl)cn1C1CCCC1. The highest BCUT2D eigenvalue weighted by Gasteiger charge is 2.27. The van der Waals surface area contributed by atoms with Crippen LogP contribution >= 0.6 is 10.7 Å². The van der Waals surface area contributed by atoms with Crippen LogP contribution in [0.5, 0.6) is 0 Å². The molecule has 0 radical (unpaired) electrons. The predicted octanol–water partition coefficient (Wildman–Crippen LogP) is 2.67. The first-order chi connectivity index (χ1) is 9.95. The van der Waals surface area contributed by atoms with Crippen molar-refractivity contribution in [3.8, 4) is 0 Å². The zero-order chi connectivity index (χ0) is 15.0. The number of nitrogens with zero attached hydrogens (tertiary/aromatic N) is 1. The lowest BCUT2D eigenvalue weighted by molar-refractivity contribution is 0.0940. The Morgan fingerprint density at radius 1 is 1.29 bits per heavy atom. The molecule has 0 aromatic carbocycles. The highest BCUT2D eigenvalue weighted by molar-refractivity contribution is 8.13. The molecule has 1 N–H and O–H groups in total. The molecule has 0 unspecified atom stereocenters. The second-order valence-electron chi connectivity index (χ2n) is 6.00. The number of carbonyl (C=O) groups excluding carboxylic acids is 1. The van der Waals surface area contributed by atoms with Crippen LogP contribution in [0.25, 0.3) is 0 Å². The summed E-state index contributed by atoms with van der Waals surface area (Å²) in [6.45, 7) is 0.664. The van der Waals surface area contributed by atoms with Gasteiger partial charge < -0.3 is 9.88 Å². The number of amides is 1. The van der Waals surface area contributed by atoms with Crippen molar-refractivity contribution in [2.75, 3.05) is 6.54 Å². The van der Waals surface area contributed by atoms with Gasteiger partial charge in [0, 0.05) is 29.5 Å². The van der Waals surface area contributed by atoms with E-state index >= 15 is 0 Å². The van der Waals surface area contributed by atoms with Crippen molar-refractivity contribution < 1.29 is 13.2 Å². The van der Waals surface area contributed by atoms with Crippen LogP contribution in [-0.2, 0) is 9.05 Å². The number of hydrogen-bond acceptors (Lipinski definition) is 3. The van der Waals surface area contributed by atoms with Crippen molar-refractivity contribution in [3.05, 3.63) is 18.0 Å². The van der Waals surface area contributed by atoms with E-state index in [0.717, 1.165) is 38.5 Å². The molecule has 5 nitrogen and oxygen atoms in total. The van der Waals surface area contributed by atoms with Crippen molar-refractivity contribution in [1.29, 1.82) is 0 Å². The summed E-state index contributed by atoms with van der Waals surface area (Å²) in [4.78, 5) is 12.3. The molecular formula is C14H19ClN2O3S. The molecule has 2 aliphatic carbocycles. The minimum Gasteiger partial charge on any atom is -0.350 e. The fourth-order valence-corrected chi connectivity index (χ4v) is 3.65. The summed E-state index contributed by atoms with van der Waals surface area (Å²) in [6, 6.07) is 1.59. The highest BCUT2D eigenvalue weighted by Crippen LogP contribution is 2.33. The molecule has 7 heteroatoms. The molecule has 2 fully saturated rings. The Bertz CT molecular complexity index is 643. The van der Waals surface area contributed by atoms with Crippen LogP contribution in [0.3, 0.4) is 0 Å². The molecule has 0 aliphatic heterocycles. The molecule has 1 amide bonds. The normalized spacial score (nSPS) is 19.9. The maximum absolute atomic E-state index is 12.3. The first kappa shape index (κ1) is 14.9. The third-order valence-corrected chi connectivity index (χ3v) is 5.62. The summed E-state index contributed by atoms with van der Waals surface area (Å²) in [5, 5.41) is 2.89. The third-order valence-electron chi connectivity index (χ3n) is 4.30. The predicted molar refractivity (Wildman–Crippen MR) is 80.0 cm³/mol. The van der Waals surface area contributed by atoms with Crippen molar-refractivity contribution in [1.82, 2.24) is 9.88 Å². The number of hydrogen-bond donors (Lipinski definition) is 1. The standard InChI is InChI=1S/C14H19ClN2O3S/c15-21(19,20)12-7-13(14(18)16-8-10-5-6-10)17(9-12)11-3-1-2-4-11/h7,9-11H,1-6,8H2,(H,16,18). The Hall–Kier alpha value is -1.01.